The molecule has 0 saturated heterocycles. The summed E-state index contributed by atoms with van der Waals surface area (Å²) in [5, 5.41) is 3.54. The van der Waals surface area contributed by atoms with Crippen molar-refractivity contribution < 1.29 is 13.2 Å². The quantitative estimate of drug-likeness (QED) is 0.705. The van der Waals surface area contributed by atoms with E-state index in [1.54, 1.807) is 6.92 Å². The van der Waals surface area contributed by atoms with Crippen molar-refractivity contribution in [2.24, 2.45) is 17.6 Å². The van der Waals surface area contributed by atoms with Crippen LogP contribution in [0.15, 0.2) is 29.2 Å². The first-order chi connectivity index (χ1) is 12.3. The highest BCUT2D eigenvalue weighted by atomic mass is 35.5. The predicted octanol–water partition coefficient (Wildman–Crippen LogP) is 2.03. The van der Waals surface area contributed by atoms with Crippen LogP contribution in [0.4, 0.5) is 0 Å². The van der Waals surface area contributed by atoms with Crippen molar-refractivity contribution in [1.29, 1.82) is 0 Å². The summed E-state index contributed by atoms with van der Waals surface area (Å²) < 4.78 is 27.3. The number of amides is 1. The minimum atomic E-state index is -3.78. The predicted molar refractivity (Wildman–Crippen MR) is 101 cm³/mol. The Hall–Kier alpha value is -1.15. The largest absolute Gasteiger partial charge is 0.351 e. The summed E-state index contributed by atoms with van der Waals surface area (Å²) >= 11 is 5.79. The summed E-state index contributed by atoms with van der Waals surface area (Å²) in [6, 6.07) is 5.30. The summed E-state index contributed by atoms with van der Waals surface area (Å²) in [6.45, 7) is 1.56. The Morgan fingerprint density at radius 3 is 2.35 bits per heavy atom. The smallest absolute Gasteiger partial charge is 0.241 e. The lowest BCUT2D eigenvalue weighted by Crippen LogP contribution is -2.57. The number of carbonyl (C=O) groups is 1. The summed E-state index contributed by atoms with van der Waals surface area (Å²) in [5.74, 6) is 0.489. The zero-order valence-electron chi connectivity index (χ0n) is 14.8. The lowest BCUT2D eigenvalue weighted by Gasteiger charge is -2.45. The Bertz CT molecular complexity index is 739. The SMILES string of the molecule is CC(NS(=O)(=O)c1ccc(Cl)cc1)C(=O)NC1C2CCCC1CC(N)C2. The maximum Gasteiger partial charge on any atom is 0.241 e. The number of hydrogen-bond acceptors (Lipinski definition) is 4. The van der Waals surface area contributed by atoms with Crippen LogP contribution in [-0.2, 0) is 14.8 Å². The van der Waals surface area contributed by atoms with Gasteiger partial charge in [0.25, 0.3) is 0 Å². The van der Waals surface area contributed by atoms with Crippen LogP contribution in [0.1, 0.15) is 39.0 Å². The van der Waals surface area contributed by atoms with Gasteiger partial charge in [-0.05, 0) is 68.7 Å². The van der Waals surface area contributed by atoms with Crippen LogP contribution in [-0.4, -0.2) is 32.5 Å². The first-order valence-electron chi connectivity index (χ1n) is 9.10. The number of halogens is 1. The monoisotopic (exact) mass is 399 g/mol. The van der Waals surface area contributed by atoms with Gasteiger partial charge in [0, 0.05) is 17.1 Å². The van der Waals surface area contributed by atoms with E-state index in [1.165, 1.54) is 30.7 Å². The van der Waals surface area contributed by atoms with Gasteiger partial charge in [-0.15, -0.1) is 0 Å². The second-order valence-electron chi connectivity index (χ2n) is 7.51. The maximum absolute atomic E-state index is 12.6. The van der Waals surface area contributed by atoms with E-state index in [9.17, 15) is 13.2 Å². The molecule has 26 heavy (non-hydrogen) atoms. The lowest BCUT2D eigenvalue weighted by molar-refractivity contribution is -0.124. The van der Waals surface area contributed by atoms with E-state index in [0.717, 1.165) is 25.7 Å². The van der Waals surface area contributed by atoms with Gasteiger partial charge in [-0.3, -0.25) is 4.79 Å². The number of hydrogen-bond donors (Lipinski definition) is 3. The van der Waals surface area contributed by atoms with Gasteiger partial charge >= 0.3 is 0 Å². The van der Waals surface area contributed by atoms with E-state index < -0.39 is 16.1 Å². The van der Waals surface area contributed by atoms with Gasteiger partial charge in [0.15, 0.2) is 0 Å². The van der Waals surface area contributed by atoms with Crippen LogP contribution in [0.2, 0.25) is 5.02 Å². The molecule has 2 bridgehead atoms. The zero-order chi connectivity index (χ0) is 18.9. The van der Waals surface area contributed by atoms with E-state index in [-0.39, 0.29) is 22.9 Å². The van der Waals surface area contributed by atoms with E-state index in [4.69, 9.17) is 17.3 Å². The number of rotatable bonds is 5. The van der Waals surface area contributed by atoms with Crippen LogP contribution >= 0.6 is 11.6 Å². The first-order valence-corrected chi connectivity index (χ1v) is 11.0. The van der Waals surface area contributed by atoms with E-state index in [0.29, 0.717) is 16.9 Å². The molecule has 1 amide bonds. The highest BCUT2D eigenvalue weighted by Gasteiger charge is 2.40. The summed E-state index contributed by atoms with van der Waals surface area (Å²) in [6.07, 6.45) is 5.16. The molecule has 144 valence electrons. The number of sulfonamides is 1. The summed E-state index contributed by atoms with van der Waals surface area (Å²) in [4.78, 5) is 12.7. The zero-order valence-corrected chi connectivity index (χ0v) is 16.4. The molecule has 1 aromatic carbocycles. The Morgan fingerprint density at radius 1 is 1.19 bits per heavy atom. The summed E-state index contributed by atoms with van der Waals surface area (Å²) in [7, 11) is -3.78. The molecule has 0 aliphatic heterocycles. The third-order valence-electron chi connectivity index (χ3n) is 5.53. The molecule has 2 aliphatic rings. The van der Waals surface area contributed by atoms with Gasteiger partial charge in [-0.25, -0.2) is 8.42 Å². The molecule has 2 fully saturated rings. The molecule has 3 unspecified atom stereocenters. The van der Waals surface area contributed by atoms with Gasteiger partial charge in [0.05, 0.1) is 10.9 Å². The molecule has 1 aromatic rings. The molecule has 3 rings (SSSR count). The fourth-order valence-electron chi connectivity index (χ4n) is 4.28. The Labute approximate surface area is 159 Å². The highest BCUT2D eigenvalue weighted by molar-refractivity contribution is 7.89. The molecule has 3 atom stereocenters. The molecule has 6 nitrogen and oxygen atoms in total. The van der Waals surface area contributed by atoms with Gasteiger partial charge in [-0.1, -0.05) is 18.0 Å². The van der Waals surface area contributed by atoms with Gasteiger partial charge in [0.1, 0.15) is 0 Å². The minimum absolute atomic E-state index is 0.0852. The van der Waals surface area contributed by atoms with Crippen LogP contribution in [0, 0.1) is 11.8 Å². The van der Waals surface area contributed by atoms with E-state index in [1.807, 2.05) is 0 Å². The van der Waals surface area contributed by atoms with Crippen LogP contribution < -0.4 is 15.8 Å². The van der Waals surface area contributed by atoms with Crippen molar-refractivity contribution in [3.05, 3.63) is 29.3 Å². The topological polar surface area (TPSA) is 101 Å². The normalized spacial score (nSPS) is 29.8. The Balaban J connectivity index is 1.63. The van der Waals surface area contributed by atoms with Gasteiger partial charge in [0.2, 0.25) is 15.9 Å². The molecule has 0 spiro atoms. The second-order valence-corrected chi connectivity index (χ2v) is 9.66. The number of nitrogens with two attached hydrogens (primary N) is 1. The fraction of sp³-hybridized carbons (Fsp3) is 0.611. The molecule has 2 saturated carbocycles. The van der Waals surface area contributed by atoms with Crippen molar-refractivity contribution in [2.45, 2.75) is 62.0 Å². The second kappa shape index (κ2) is 7.84. The molecule has 0 aromatic heterocycles. The Morgan fingerprint density at radius 2 is 1.77 bits per heavy atom. The third kappa shape index (κ3) is 4.39. The van der Waals surface area contributed by atoms with E-state index >= 15 is 0 Å². The molecule has 4 N–H and O–H groups in total. The molecule has 0 radical (unpaired) electrons. The molecule has 2 aliphatic carbocycles. The van der Waals surface area contributed by atoms with Crippen molar-refractivity contribution in [3.63, 3.8) is 0 Å². The first kappa shape index (κ1) is 19.6. The summed E-state index contributed by atoms with van der Waals surface area (Å²) in [5.41, 5.74) is 6.12. The average Bonchev–Trinajstić information content (AvgIpc) is 2.55. The molecular formula is C18H26ClN3O3S. The lowest BCUT2D eigenvalue weighted by atomic mass is 9.67. The maximum atomic E-state index is 12.6. The molecule has 8 heteroatoms. The van der Waals surface area contributed by atoms with Crippen molar-refractivity contribution in [3.8, 4) is 0 Å². The van der Waals surface area contributed by atoms with Crippen LogP contribution in [0.3, 0.4) is 0 Å². The number of fused-ring (bicyclic) bond motifs is 2. The number of benzene rings is 1. The van der Waals surface area contributed by atoms with Crippen molar-refractivity contribution in [1.82, 2.24) is 10.0 Å². The van der Waals surface area contributed by atoms with Crippen LogP contribution in [0.5, 0.6) is 0 Å². The standard InChI is InChI=1S/C18H26ClN3O3S/c1-11(22-26(24,25)16-7-5-14(19)6-8-16)18(23)21-17-12-3-2-4-13(17)10-15(20)9-12/h5-8,11-13,15,17,22H,2-4,9-10,20H2,1H3,(H,21,23). The number of nitrogens with one attached hydrogen (secondary N) is 2. The van der Waals surface area contributed by atoms with Crippen molar-refractivity contribution >= 4 is 27.5 Å². The molecule has 0 heterocycles. The van der Waals surface area contributed by atoms with Crippen molar-refractivity contribution in [2.75, 3.05) is 0 Å². The third-order valence-corrected chi connectivity index (χ3v) is 7.34. The Kier molecular flexibility index (Phi) is 5.91. The van der Waals surface area contributed by atoms with Gasteiger partial charge in [-0.2, -0.15) is 4.72 Å². The minimum Gasteiger partial charge on any atom is -0.351 e. The van der Waals surface area contributed by atoms with Crippen LogP contribution in [0.25, 0.3) is 0 Å². The molecular weight excluding hydrogens is 374 g/mol. The average molecular weight is 400 g/mol. The number of carbonyl (C=O) groups excluding carboxylic acids is 1. The fourth-order valence-corrected chi connectivity index (χ4v) is 5.61. The van der Waals surface area contributed by atoms with Gasteiger partial charge < -0.3 is 11.1 Å². The highest BCUT2D eigenvalue weighted by Crippen LogP contribution is 2.39. The van der Waals surface area contributed by atoms with E-state index in [2.05, 4.69) is 10.0 Å².